The Balaban J connectivity index is 1.75. The molecule has 2 atom stereocenters. The van der Waals surface area contributed by atoms with E-state index in [9.17, 15) is 9.18 Å². The molecule has 0 unspecified atom stereocenters. The lowest BCUT2D eigenvalue weighted by molar-refractivity contribution is -0.127. The molecule has 0 aliphatic carbocycles. The first-order valence-electron chi connectivity index (χ1n) is 8.35. The number of morpholine rings is 1. The summed E-state index contributed by atoms with van der Waals surface area (Å²) in [5.74, 6) is -0.783. The van der Waals surface area contributed by atoms with E-state index in [4.69, 9.17) is 10.5 Å². The van der Waals surface area contributed by atoms with E-state index in [0.717, 1.165) is 11.4 Å². The molecule has 6 nitrogen and oxygen atoms in total. The Kier molecular flexibility index (Phi) is 5.15. The highest BCUT2D eigenvalue weighted by Crippen LogP contribution is 2.24. The van der Waals surface area contributed by atoms with E-state index in [1.807, 2.05) is 29.5 Å². The highest BCUT2D eigenvalue weighted by Gasteiger charge is 2.31. The van der Waals surface area contributed by atoms with E-state index >= 15 is 0 Å². The fourth-order valence-electron chi connectivity index (χ4n) is 3.34. The number of aromatic nitrogens is 2. The third kappa shape index (κ3) is 4.05. The van der Waals surface area contributed by atoms with Gasteiger partial charge >= 0.3 is 0 Å². The molecular weight excluding hydrogens is 323 g/mol. The van der Waals surface area contributed by atoms with Gasteiger partial charge in [0.2, 0.25) is 5.91 Å². The largest absolute Gasteiger partial charge is 0.374 e. The van der Waals surface area contributed by atoms with Crippen molar-refractivity contribution in [1.29, 1.82) is 0 Å². The van der Waals surface area contributed by atoms with Crippen LogP contribution in [0.1, 0.15) is 23.0 Å². The molecule has 1 aromatic heterocycles. The SMILES string of the molecule is Cc1cc(C)n(C[C@H]2CN([C@@H](C(N)=O)c3ccc(F)cc3)CCO2)n1. The summed E-state index contributed by atoms with van der Waals surface area (Å²) in [5.41, 5.74) is 8.36. The van der Waals surface area contributed by atoms with Gasteiger partial charge in [-0.25, -0.2) is 4.39 Å². The molecular formula is C18H23FN4O2. The van der Waals surface area contributed by atoms with E-state index in [1.165, 1.54) is 12.1 Å². The first-order chi connectivity index (χ1) is 11.9. The molecule has 7 heteroatoms. The fourth-order valence-corrected chi connectivity index (χ4v) is 3.34. The maximum atomic E-state index is 13.2. The van der Waals surface area contributed by atoms with Gasteiger partial charge in [-0.05, 0) is 37.6 Å². The van der Waals surface area contributed by atoms with Crippen LogP contribution >= 0.6 is 0 Å². The van der Waals surface area contributed by atoms with Crippen molar-refractivity contribution in [1.82, 2.24) is 14.7 Å². The minimum atomic E-state index is -0.590. The Morgan fingerprint density at radius 3 is 2.72 bits per heavy atom. The molecule has 1 amide bonds. The van der Waals surface area contributed by atoms with Gasteiger partial charge in [-0.15, -0.1) is 0 Å². The van der Waals surface area contributed by atoms with Gasteiger partial charge < -0.3 is 10.5 Å². The van der Waals surface area contributed by atoms with Gasteiger partial charge in [0.1, 0.15) is 11.9 Å². The smallest absolute Gasteiger partial charge is 0.239 e. The first-order valence-corrected chi connectivity index (χ1v) is 8.35. The number of aryl methyl sites for hydroxylation is 2. The van der Waals surface area contributed by atoms with Gasteiger partial charge in [-0.3, -0.25) is 14.4 Å². The lowest BCUT2D eigenvalue weighted by Crippen LogP contribution is -2.49. The van der Waals surface area contributed by atoms with Gasteiger partial charge in [-0.2, -0.15) is 5.10 Å². The number of benzene rings is 1. The zero-order valence-corrected chi connectivity index (χ0v) is 14.5. The zero-order chi connectivity index (χ0) is 18.0. The number of carbonyl (C=O) groups excluding carboxylic acids is 1. The number of carbonyl (C=O) groups is 1. The van der Waals surface area contributed by atoms with Crippen molar-refractivity contribution in [2.75, 3.05) is 19.7 Å². The quantitative estimate of drug-likeness (QED) is 0.892. The van der Waals surface area contributed by atoms with Crippen LogP contribution < -0.4 is 5.73 Å². The summed E-state index contributed by atoms with van der Waals surface area (Å²) in [6.45, 7) is 6.24. The van der Waals surface area contributed by atoms with Crippen LogP contribution in [0.5, 0.6) is 0 Å². The summed E-state index contributed by atoms with van der Waals surface area (Å²) in [6, 6.07) is 7.34. The molecule has 0 radical (unpaired) electrons. The van der Waals surface area contributed by atoms with Crippen molar-refractivity contribution >= 4 is 5.91 Å². The number of ether oxygens (including phenoxy) is 1. The van der Waals surface area contributed by atoms with Crippen LogP contribution in [0.2, 0.25) is 0 Å². The third-order valence-corrected chi connectivity index (χ3v) is 4.47. The summed E-state index contributed by atoms with van der Waals surface area (Å²) in [7, 11) is 0. The van der Waals surface area contributed by atoms with Crippen LogP contribution in [0.15, 0.2) is 30.3 Å². The molecule has 3 rings (SSSR count). The van der Waals surface area contributed by atoms with Crippen LogP contribution in [0.4, 0.5) is 4.39 Å². The summed E-state index contributed by atoms with van der Waals surface area (Å²) in [6.07, 6.45) is -0.0888. The Morgan fingerprint density at radius 2 is 2.12 bits per heavy atom. The second kappa shape index (κ2) is 7.33. The monoisotopic (exact) mass is 346 g/mol. The first kappa shape index (κ1) is 17.6. The number of amides is 1. The lowest BCUT2D eigenvalue weighted by Gasteiger charge is -2.37. The number of primary amides is 1. The van der Waals surface area contributed by atoms with E-state index in [-0.39, 0.29) is 11.9 Å². The van der Waals surface area contributed by atoms with Gasteiger partial charge in [0.25, 0.3) is 0 Å². The molecule has 1 saturated heterocycles. The average molecular weight is 346 g/mol. The molecule has 2 aromatic rings. The molecule has 2 N–H and O–H groups in total. The predicted octanol–water partition coefficient (Wildman–Crippen LogP) is 1.57. The van der Waals surface area contributed by atoms with Crippen molar-refractivity contribution in [3.63, 3.8) is 0 Å². The minimum Gasteiger partial charge on any atom is -0.374 e. The van der Waals surface area contributed by atoms with Crippen molar-refractivity contribution < 1.29 is 13.9 Å². The van der Waals surface area contributed by atoms with Crippen LogP contribution in [-0.4, -0.2) is 46.4 Å². The van der Waals surface area contributed by atoms with Crippen molar-refractivity contribution in [2.45, 2.75) is 32.5 Å². The van der Waals surface area contributed by atoms with Crippen molar-refractivity contribution in [3.05, 3.63) is 53.1 Å². The molecule has 0 bridgehead atoms. The van der Waals surface area contributed by atoms with E-state index in [1.54, 1.807) is 12.1 Å². The second-order valence-corrected chi connectivity index (χ2v) is 6.45. The van der Waals surface area contributed by atoms with Crippen LogP contribution in [-0.2, 0) is 16.1 Å². The molecule has 25 heavy (non-hydrogen) atoms. The molecule has 1 fully saturated rings. The van der Waals surface area contributed by atoms with Crippen LogP contribution in [0.25, 0.3) is 0 Å². The lowest BCUT2D eigenvalue weighted by atomic mass is 10.0. The second-order valence-electron chi connectivity index (χ2n) is 6.45. The highest BCUT2D eigenvalue weighted by atomic mass is 19.1. The Labute approximate surface area is 146 Å². The van der Waals surface area contributed by atoms with Gasteiger partial charge in [0.15, 0.2) is 0 Å². The molecule has 0 spiro atoms. The Morgan fingerprint density at radius 1 is 1.40 bits per heavy atom. The zero-order valence-electron chi connectivity index (χ0n) is 14.5. The molecule has 2 heterocycles. The maximum absolute atomic E-state index is 13.2. The molecule has 1 aromatic carbocycles. The normalized spacial score (nSPS) is 19.7. The minimum absolute atomic E-state index is 0.0888. The number of rotatable bonds is 5. The topological polar surface area (TPSA) is 73.4 Å². The van der Waals surface area contributed by atoms with Gasteiger partial charge in [0, 0.05) is 18.8 Å². The molecule has 1 aliphatic rings. The van der Waals surface area contributed by atoms with E-state index < -0.39 is 11.9 Å². The Hall–Kier alpha value is -2.25. The van der Waals surface area contributed by atoms with Crippen LogP contribution in [0, 0.1) is 19.7 Å². The summed E-state index contributed by atoms with van der Waals surface area (Å²) >= 11 is 0. The van der Waals surface area contributed by atoms with Gasteiger partial charge in [-0.1, -0.05) is 12.1 Å². The predicted molar refractivity (Wildman–Crippen MR) is 91.3 cm³/mol. The number of hydrogen-bond donors (Lipinski definition) is 1. The average Bonchev–Trinajstić information content (AvgIpc) is 2.87. The number of hydrogen-bond acceptors (Lipinski definition) is 4. The number of halogens is 1. The Bertz CT molecular complexity index is 744. The van der Waals surface area contributed by atoms with Crippen molar-refractivity contribution in [3.8, 4) is 0 Å². The summed E-state index contributed by atoms with van der Waals surface area (Å²) < 4.78 is 20.9. The van der Waals surface area contributed by atoms with Crippen molar-refractivity contribution in [2.24, 2.45) is 5.73 Å². The fraction of sp³-hybridized carbons (Fsp3) is 0.444. The maximum Gasteiger partial charge on any atom is 0.239 e. The number of nitrogens with two attached hydrogens (primary N) is 1. The van der Waals surface area contributed by atoms with Crippen LogP contribution in [0.3, 0.4) is 0 Å². The molecule has 0 saturated carbocycles. The standard InChI is InChI=1S/C18H23FN4O2/c1-12-9-13(2)23(21-12)11-16-10-22(7-8-25-16)17(18(20)24)14-3-5-15(19)6-4-14/h3-6,9,16-17H,7-8,10-11H2,1-2H3,(H2,20,24)/t16-,17-/m1/s1. The van der Waals surface area contributed by atoms with Gasteiger partial charge in [0.05, 0.1) is 24.9 Å². The highest BCUT2D eigenvalue weighted by molar-refractivity contribution is 5.81. The van der Waals surface area contributed by atoms with E-state index in [0.29, 0.717) is 31.8 Å². The third-order valence-electron chi connectivity index (χ3n) is 4.47. The molecule has 134 valence electrons. The summed E-state index contributed by atoms with van der Waals surface area (Å²) in [4.78, 5) is 14.0. The summed E-state index contributed by atoms with van der Waals surface area (Å²) in [5, 5.41) is 4.46. The molecule has 1 aliphatic heterocycles. The number of nitrogens with zero attached hydrogens (tertiary/aromatic N) is 3. The van der Waals surface area contributed by atoms with E-state index in [2.05, 4.69) is 5.10 Å².